The average molecular weight is 203 g/mol. The van der Waals surface area contributed by atoms with E-state index in [9.17, 15) is 4.79 Å². The Bertz CT molecular complexity index is 475. The van der Waals surface area contributed by atoms with Gasteiger partial charge in [0, 0.05) is 30.4 Å². The Morgan fingerprint density at radius 3 is 3.07 bits per heavy atom. The number of hydrogen-bond donors (Lipinski definition) is 3. The molecule has 78 valence electrons. The third-order valence-corrected chi connectivity index (χ3v) is 2.25. The summed E-state index contributed by atoms with van der Waals surface area (Å²) >= 11 is 0. The SMILES string of the molecule is NCCNC(=O)c1ccc2cc[nH]c2c1. The molecule has 4 heteroatoms. The summed E-state index contributed by atoms with van der Waals surface area (Å²) in [4.78, 5) is 14.7. The molecule has 15 heavy (non-hydrogen) atoms. The molecule has 1 heterocycles. The zero-order valence-electron chi connectivity index (χ0n) is 8.29. The van der Waals surface area contributed by atoms with E-state index in [0.717, 1.165) is 10.9 Å². The topological polar surface area (TPSA) is 70.9 Å². The first-order valence-electron chi connectivity index (χ1n) is 4.86. The normalized spacial score (nSPS) is 10.5. The molecule has 0 saturated carbocycles. The van der Waals surface area contributed by atoms with Crippen molar-refractivity contribution in [2.45, 2.75) is 0 Å². The molecule has 0 aliphatic rings. The van der Waals surface area contributed by atoms with E-state index < -0.39 is 0 Å². The lowest BCUT2D eigenvalue weighted by atomic mass is 10.1. The minimum Gasteiger partial charge on any atom is -0.361 e. The fraction of sp³-hybridized carbons (Fsp3) is 0.182. The van der Waals surface area contributed by atoms with Crippen molar-refractivity contribution in [2.75, 3.05) is 13.1 Å². The number of nitrogens with two attached hydrogens (primary N) is 1. The molecule has 1 amide bonds. The van der Waals surface area contributed by atoms with Gasteiger partial charge in [-0.2, -0.15) is 0 Å². The van der Waals surface area contributed by atoms with E-state index in [2.05, 4.69) is 10.3 Å². The molecule has 0 radical (unpaired) electrons. The Hall–Kier alpha value is -1.81. The van der Waals surface area contributed by atoms with Gasteiger partial charge >= 0.3 is 0 Å². The van der Waals surface area contributed by atoms with E-state index in [4.69, 9.17) is 5.73 Å². The van der Waals surface area contributed by atoms with Crippen LogP contribution >= 0.6 is 0 Å². The molecule has 0 fully saturated rings. The van der Waals surface area contributed by atoms with Crippen molar-refractivity contribution >= 4 is 16.8 Å². The molecule has 1 aromatic carbocycles. The highest BCUT2D eigenvalue weighted by molar-refractivity contribution is 5.97. The van der Waals surface area contributed by atoms with Gasteiger partial charge in [0.25, 0.3) is 5.91 Å². The summed E-state index contributed by atoms with van der Waals surface area (Å²) in [6.07, 6.45) is 1.85. The van der Waals surface area contributed by atoms with Crippen LogP contribution in [0.4, 0.5) is 0 Å². The zero-order chi connectivity index (χ0) is 10.7. The molecule has 4 nitrogen and oxygen atoms in total. The minimum atomic E-state index is -0.0862. The molecule has 0 unspecified atom stereocenters. The summed E-state index contributed by atoms with van der Waals surface area (Å²) in [6, 6.07) is 7.53. The number of amides is 1. The van der Waals surface area contributed by atoms with Crippen LogP contribution < -0.4 is 11.1 Å². The molecule has 1 aromatic heterocycles. The fourth-order valence-corrected chi connectivity index (χ4v) is 1.48. The smallest absolute Gasteiger partial charge is 0.251 e. The number of carbonyl (C=O) groups excluding carboxylic acids is 1. The third kappa shape index (κ3) is 1.99. The largest absolute Gasteiger partial charge is 0.361 e. The van der Waals surface area contributed by atoms with Gasteiger partial charge in [-0.15, -0.1) is 0 Å². The molecule has 0 aliphatic carbocycles. The second-order valence-electron chi connectivity index (χ2n) is 3.32. The van der Waals surface area contributed by atoms with Gasteiger partial charge in [0.1, 0.15) is 0 Å². The second-order valence-corrected chi connectivity index (χ2v) is 3.32. The average Bonchev–Trinajstić information content (AvgIpc) is 2.72. The number of nitrogens with one attached hydrogen (secondary N) is 2. The standard InChI is InChI=1S/C11H13N3O/c12-4-6-14-11(15)9-2-1-8-3-5-13-10(8)7-9/h1-3,5,7,13H,4,6,12H2,(H,14,15). The molecule has 2 aromatic rings. The Labute approximate surface area is 87.5 Å². The Balaban J connectivity index is 2.23. The van der Waals surface area contributed by atoms with Crippen LogP contribution in [0.25, 0.3) is 10.9 Å². The van der Waals surface area contributed by atoms with Crippen LogP contribution in [0.15, 0.2) is 30.5 Å². The second kappa shape index (κ2) is 4.14. The first-order chi connectivity index (χ1) is 7.31. The van der Waals surface area contributed by atoms with E-state index in [1.165, 1.54) is 0 Å². The highest BCUT2D eigenvalue weighted by Gasteiger charge is 2.05. The molecule has 0 spiro atoms. The Morgan fingerprint density at radius 1 is 1.40 bits per heavy atom. The summed E-state index contributed by atoms with van der Waals surface area (Å²) in [5.74, 6) is -0.0862. The van der Waals surface area contributed by atoms with Crippen LogP contribution in [0, 0.1) is 0 Å². The van der Waals surface area contributed by atoms with Gasteiger partial charge in [0.2, 0.25) is 0 Å². The number of H-pyrrole nitrogens is 1. The van der Waals surface area contributed by atoms with Gasteiger partial charge in [-0.3, -0.25) is 4.79 Å². The lowest BCUT2D eigenvalue weighted by Gasteiger charge is -2.03. The number of rotatable bonds is 3. The quantitative estimate of drug-likeness (QED) is 0.692. The number of benzene rings is 1. The Kier molecular flexibility index (Phi) is 2.69. The van der Waals surface area contributed by atoms with E-state index in [-0.39, 0.29) is 5.91 Å². The molecule has 0 bridgehead atoms. The number of aromatic nitrogens is 1. The van der Waals surface area contributed by atoms with Gasteiger partial charge in [-0.05, 0) is 23.6 Å². The number of aromatic amines is 1. The van der Waals surface area contributed by atoms with Crippen LogP contribution in [0.1, 0.15) is 10.4 Å². The first kappa shape index (κ1) is 9.73. The Morgan fingerprint density at radius 2 is 2.27 bits per heavy atom. The molecule has 0 aliphatic heterocycles. The van der Waals surface area contributed by atoms with E-state index in [1.54, 1.807) is 0 Å². The van der Waals surface area contributed by atoms with Crippen LogP contribution in [-0.4, -0.2) is 24.0 Å². The predicted molar refractivity (Wildman–Crippen MR) is 59.7 cm³/mol. The van der Waals surface area contributed by atoms with Crippen molar-refractivity contribution in [2.24, 2.45) is 5.73 Å². The van der Waals surface area contributed by atoms with Crippen LogP contribution in [0.3, 0.4) is 0 Å². The van der Waals surface area contributed by atoms with Crippen molar-refractivity contribution in [3.05, 3.63) is 36.0 Å². The third-order valence-electron chi connectivity index (χ3n) is 2.25. The van der Waals surface area contributed by atoms with Crippen molar-refractivity contribution in [1.82, 2.24) is 10.3 Å². The minimum absolute atomic E-state index is 0.0862. The van der Waals surface area contributed by atoms with Crippen molar-refractivity contribution in [3.63, 3.8) is 0 Å². The molecular formula is C11H13N3O. The summed E-state index contributed by atoms with van der Waals surface area (Å²) in [5.41, 5.74) is 6.93. The summed E-state index contributed by atoms with van der Waals surface area (Å²) in [5, 5.41) is 3.83. The first-order valence-corrected chi connectivity index (χ1v) is 4.86. The number of fused-ring (bicyclic) bond motifs is 1. The highest BCUT2D eigenvalue weighted by atomic mass is 16.1. The number of carbonyl (C=O) groups is 1. The molecule has 2 rings (SSSR count). The fourth-order valence-electron chi connectivity index (χ4n) is 1.48. The van der Waals surface area contributed by atoms with E-state index in [1.807, 2.05) is 30.5 Å². The maximum atomic E-state index is 11.6. The van der Waals surface area contributed by atoms with Crippen molar-refractivity contribution in [3.8, 4) is 0 Å². The molecule has 0 atom stereocenters. The van der Waals surface area contributed by atoms with Crippen molar-refractivity contribution < 1.29 is 4.79 Å². The maximum absolute atomic E-state index is 11.6. The maximum Gasteiger partial charge on any atom is 0.251 e. The predicted octanol–water partition coefficient (Wildman–Crippen LogP) is 0.856. The summed E-state index contributed by atoms with van der Waals surface area (Å²) in [6.45, 7) is 0.956. The molecule has 4 N–H and O–H groups in total. The van der Waals surface area contributed by atoms with Crippen LogP contribution in [0.2, 0.25) is 0 Å². The van der Waals surface area contributed by atoms with Crippen LogP contribution in [-0.2, 0) is 0 Å². The van der Waals surface area contributed by atoms with Gasteiger partial charge in [-0.25, -0.2) is 0 Å². The molecule has 0 saturated heterocycles. The van der Waals surface area contributed by atoms with Crippen molar-refractivity contribution in [1.29, 1.82) is 0 Å². The van der Waals surface area contributed by atoms with Gasteiger partial charge in [0.05, 0.1) is 0 Å². The lowest BCUT2D eigenvalue weighted by Crippen LogP contribution is -2.28. The number of hydrogen-bond acceptors (Lipinski definition) is 2. The van der Waals surface area contributed by atoms with Gasteiger partial charge < -0.3 is 16.0 Å². The molecular weight excluding hydrogens is 190 g/mol. The zero-order valence-corrected chi connectivity index (χ0v) is 8.29. The van der Waals surface area contributed by atoms with Crippen LogP contribution in [0.5, 0.6) is 0 Å². The summed E-state index contributed by atoms with van der Waals surface area (Å²) in [7, 11) is 0. The summed E-state index contributed by atoms with van der Waals surface area (Å²) < 4.78 is 0. The van der Waals surface area contributed by atoms with E-state index in [0.29, 0.717) is 18.7 Å². The monoisotopic (exact) mass is 203 g/mol. The van der Waals surface area contributed by atoms with Gasteiger partial charge in [0.15, 0.2) is 0 Å². The lowest BCUT2D eigenvalue weighted by molar-refractivity contribution is 0.0955. The van der Waals surface area contributed by atoms with E-state index >= 15 is 0 Å². The highest BCUT2D eigenvalue weighted by Crippen LogP contribution is 2.13. The van der Waals surface area contributed by atoms with Gasteiger partial charge in [-0.1, -0.05) is 6.07 Å².